The van der Waals surface area contributed by atoms with Crippen molar-refractivity contribution in [3.05, 3.63) is 11.9 Å². The highest BCUT2D eigenvalue weighted by Gasteiger charge is 2.24. The highest BCUT2D eigenvalue weighted by Crippen LogP contribution is 2.29. The molecule has 0 saturated carbocycles. The molecule has 1 aliphatic rings. The molecule has 3 N–H and O–H groups in total. The van der Waals surface area contributed by atoms with Gasteiger partial charge in [-0.25, -0.2) is 9.97 Å². The summed E-state index contributed by atoms with van der Waals surface area (Å²) in [6.45, 7) is 7.81. The zero-order valence-corrected chi connectivity index (χ0v) is 12.4. The average molecular weight is 277 g/mol. The van der Waals surface area contributed by atoms with E-state index in [1.165, 1.54) is 6.33 Å². The van der Waals surface area contributed by atoms with E-state index in [0.717, 1.165) is 43.1 Å². The lowest BCUT2D eigenvalue weighted by Crippen LogP contribution is -2.44. The molecule has 6 nitrogen and oxygen atoms in total. The molecule has 1 fully saturated rings. The minimum atomic E-state index is -0.203. The molecular formula is C14H23N5O. The van der Waals surface area contributed by atoms with Gasteiger partial charge in [0.05, 0.1) is 0 Å². The van der Waals surface area contributed by atoms with Crippen molar-refractivity contribution in [3.8, 4) is 0 Å². The fourth-order valence-electron chi connectivity index (χ4n) is 2.44. The van der Waals surface area contributed by atoms with E-state index in [4.69, 9.17) is 0 Å². The monoisotopic (exact) mass is 277 g/mol. The third-order valence-electron chi connectivity index (χ3n) is 3.40. The summed E-state index contributed by atoms with van der Waals surface area (Å²) < 4.78 is 0. The molecule has 0 spiro atoms. The van der Waals surface area contributed by atoms with Gasteiger partial charge in [-0.1, -0.05) is 13.8 Å². The van der Waals surface area contributed by atoms with Crippen molar-refractivity contribution < 1.29 is 4.79 Å². The van der Waals surface area contributed by atoms with Crippen LogP contribution in [0.5, 0.6) is 0 Å². The summed E-state index contributed by atoms with van der Waals surface area (Å²) in [4.78, 5) is 20.5. The molecule has 20 heavy (non-hydrogen) atoms. The molecule has 6 heteroatoms. The Morgan fingerprint density at radius 3 is 2.80 bits per heavy atom. The van der Waals surface area contributed by atoms with E-state index in [1.54, 1.807) is 0 Å². The number of carbonyl (C=O) groups is 1. The molecule has 1 aliphatic heterocycles. The van der Waals surface area contributed by atoms with Crippen LogP contribution in [-0.4, -0.2) is 35.0 Å². The van der Waals surface area contributed by atoms with Crippen LogP contribution in [-0.2, 0) is 4.79 Å². The molecule has 0 bridgehead atoms. The largest absolute Gasteiger partial charge is 0.370 e. The van der Waals surface area contributed by atoms with E-state index >= 15 is 0 Å². The molecule has 0 radical (unpaired) electrons. The van der Waals surface area contributed by atoms with Gasteiger partial charge in [-0.3, -0.25) is 4.79 Å². The number of anilines is 2. The molecule has 0 aliphatic carbocycles. The third-order valence-corrected chi connectivity index (χ3v) is 3.40. The molecule has 0 aromatic carbocycles. The summed E-state index contributed by atoms with van der Waals surface area (Å²) >= 11 is 0. The minimum absolute atomic E-state index is 0.0505. The normalized spacial score (nSPS) is 18.8. The van der Waals surface area contributed by atoms with Crippen LogP contribution in [0, 0.1) is 0 Å². The Balaban J connectivity index is 2.25. The number of hydrogen-bond acceptors (Lipinski definition) is 5. The molecule has 1 aromatic rings. The Morgan fingerprint density at radius 1 is 1.40 bits per heavy atom. The Bertz CT molecular complexity index is 475. The second-order valence-corrected chi connectivity index (χ2v) is 5.30. The maximum Gasteiger partial charge on any atom is 0.242 e. The van der Waals surface area contributed by atoms with E-state index in [1.807, 2.05) is 6.92 Å². The third kappa shape index (κ3) is 3.18. The van der Waals surface area contributed by atoms with Crippen molar-refractivity contribution in [2.24, 2.45) is 0 Å². The minimum Gasteiger partial charge on any atom is -0.370 e. The number of hydrogen-bond donors (Lipinski definition) is 3. The fraction of sp³-hybridized carbons (Fsp3) is 0.643. The zero-order valence-electron chi connectivity index (χ0n) is 12.4. The Hall–Kier alpha value is -1.85. The number of piperidine rings is 1. The molecule has 1 atom stereocenters. The predicted molar refractivity (Wildman–Crippen MR) is 79.9 cm³/mol. The van der Waals surface area contributed by atoms with Crippen LogP contribution in [0.3, 0.4) is 0 Å². The summed E-state index contributed by atoms with van der Waals surface area (Å²) in [6.07, 6.45) is 3.36. The second kappa shape index (κ2) is 6.54. The van der Waals surface area contributed by atoms with E-state index < -0.39 is 0 Å². The SMILES string of the molecule is CCNc1ncnc(NC2CCCNC2=O)c1C(C)C. The van der Waals surface area contributed by atoms with Gasteiger partial charge in [0.15, 0.2) is 0 Å². The van der Waals surface area contributed by atoms with Gasteiger partial charge in [-0.15, -0.1) is 0 Å². The number of amides is 1. The van der Waals surface area contributed by atoms with Gasteiger partial charge >= 0.3 is 0 Å². The van der Waals surface area contributed by atoms with Crippen LogP contribution in [0.4, 0.5) is 11.6 Å². The van der Waals surface area contributed by atoms with Gasteiger partial charge in [0.2, 0.25) is 5.91 Å². The van der Waals surface area contributed by atoms with Gasteiger partial charge in [0.1, 0.15) is 24.0 Å². The predicted octanol–water partition coefficient (Wildman–Crippen LogP) is 1.72. The molecule has 1 saturated heterocycles. The molecule has 1 amide bonds. The fourth-order valence-corrected chi connectivity index (χ4v) is 2.44. The van der Waals surface area contributed by atoms with Crippen molar-refractivity contribution in [1.82, 2.24) is 15.3 Å². The van der Waals surface area contributed by atoms with Crippen molar-refractivity contribution in [3.63, 3.8) is 0 Å². The average Bonchev–Trinajstić information content (AvgIpc) is 2.41. The summed E-state index contributed by atoms with van der Waals surface area (Å²) in [5, 5.41) is 9.41. The molecule has 1 unspecified atom stereocenters. The van der Waals surface area contributed by atoms with Gasteiger partial charge < -0.3 is 16.0 Å². The standard InChI is InChI=1S/C14H23N5O/c1-4-15-12-11(9(2)3)13(18-8-17-12)19-10-6-5-7-16-14(10)20/h8-10H,4-7H2,1-3H3,(H,16,20)(H2,15,17,18,19). The smallest absolute Gasteiger partial charge is 0.242 e. The maximum atomic E-state index is 11.9. The second-order valence-electron chi connectivity index (χ2n) is 5.30. The van der Waals surface area contributed by atoms with E-state index in [2.05, 4.69) is 39.8 Å². The first-order valence-electron chi connectivity index (χ1n) is 7.26. The van der Waals surface area contributed by atoms with E-state index in [0.29, 0.717) is 0 Å². The van der Waals surface area contributed by atoms with Gasteiger partial charge in [0, 0.05) is 18.7 Å². The molecule has 110 valence electrons. The summed E-state index contributed by atoms with van der Waals surface area (Å²) in [6, 6.07) is -0.203. The van der Waals surface area contributed by atoms with Gasteiger partial charge in [-0.2, -0.15) is 0 Å². The summed E-state index contributed by atoms with van der Waals surface area (Å²) in [5.41, 5.74) is 1.03. The highest BCUT2D eigenvalue weighted by atomic mass is 16.2. The van der Waals surface area contributed by atoms with Crippen LogP contribution in [0.25, 0.3) is 0 Å². The van der Waals surface area contributed by atoms with Crippen LogP contribution in [0.2, 0.25) is 0 Å². The first-order chi connectivity index (χ1) is 9.63. The maximum absolute atomic E-state index is 11.9. The molecule has 2 heterocycles. The van der Waals surface area contributed by atoms with Crippen LogP contribution in [0.15, 0.2) is 6.33 Å². The molecule has 2 rings (SSSR count). The highest BCUT2D eigenvalue weighted by molar-refractivity contribution is 5.85. The Kier molecular flexibility index (Phi) is 4.76. The Labute approximate surface area is 119 Å². The lowest BCUT2D eigenvalue weighted by molar-refractivity contribution is -0.123. The number of nitrogens with one attached hydrogen (secondary N) is 3. The van der Waals surface area contributed by atoms with Crippen LogP contribution in [0.1, 0.15) is 45.1 Å². The lowest BCUT2D eigenvalue weighted by atomic mass is 10.0. The number of aromatic nitrogens is 2. The number of carbonyl (C=O) groups excluding carboxylic acids is 1. The van der Waals surface area contributed by atoms with Crippen LogP contribution < -0.4 is 16.0 Å². The first kappa shape index (κ1) is 14.6. The summed E-state index contributed by atoms with van der Waals surface area (Å²) in [7, 11) is 0. The topological polar surface area (TPSA) is 78.9 Å². The molecule has 1 aromatic heterocycles. The van der Waals surface area contributed by atoms with Crippen molar-refractivity contribution in [1.29, 1.82) is 0 Å². The lowest BCUT2D eigenvalue weighted by Gasteiger charge is -2.25. The quantitative estimate of drug-likeness (QED) is 0.764. The van der Waals surface area contributed by atoms with Gasteiger partial charge in [0.25, 0.3) is 0 Å². The Morgan fingerprint density at radius 2 is 2.15 bits per heavy atom. The summed E-state index contributed by atoms with van der Waals surface area (Å²) in [5.74, 6) is 1.93. The van der Waals surface area contributed by atoms with E-state index in [9.17, 15) is 4.79 Å². The van der Waals surface area contributed by atoms with Crippen molar-refractivity contribution >= 4 is 17.5 Å². The van der Waals surface area contributed by atoms with Crippen molar-refractivity contribution in [2.75, 3.05) is 23.7 Å². The molecular weight excluding hydrogens is 254 g/mol. The van der Waals surface area contributed by atoms with E-state index in [-0.39, 0.29) is 17.9 Å². The zero-order chi connectivity index (χ0) is 14.5. The number of nitrogens with zero attached hydrogens (tertiary/aromatic N) is 2. The van der Waals surface area contributed by atoms with Crippen LogP contribution >= 0.6 is 0 Å². The first-order valence-corrected chi connectivity index (χ1v) is 7.26. The van der Waals surface area contributed by atoms with Gasteiger partial charge in [-0.05, 0) is 25.7 Å². The number of rotatable bonds is 5. The van der Waals surface area contributed by atoms with Crippen molar-refractivity contribution in [2.45, 2.75) is 45.6 Å².